The lowest BCUT2D eigenvalue weighted by Crippen LogP contribution is -2.49. The molecule has 26 heavy (non-hydrogen) atoms. The molecule has 0 unspecified atom stereocenters. The predicted molar refractivity (Wildman–Crippen MR) is 101 cm³/mol. The summed E-state index contributed by atoms with van der Waals surface area (Å²) in [6.07, 6.45) is 10.7. The van der Waals surface area contributed by atoms with Crippen molar-refractivity contribution in [3.63, 3.8) is 0 Å². The fourth-order valence-corrected chi connectivity index (χ4v) is 4.26. The highest BCUT2D eigenvalue weighted by Crippen LogP contribution is 2.25. The van der Waals surface area contributed by atoms with E-state index in [4.69, 9.17) is 9.47 Å². The normalized spacial score (nSPS) is 19.0. The smallest absolute Gasteiger partial charge is 0.410 e. The number of amides is 2. The molecule has 0 radical (unpaired) electrons. The molecule has 150 valence electrons. The molecular weight excluding hydrogens is 332 g/mol. The SMILES string of the molecule is CCOC(=O)N(CCN(C(=O)OCC)C1CCCCC1)C1CCCCC1. The first-order valence-corrected chi connectivity index (χ1v) is 10.5. The molecule has 0 bridgehead atoms. The van der Waals surface area contributed by atoms with Crippen LogP contribution in [-0.2, 0) is 9.47 Å². The van der Waals surface area contributed by atoms with E-state index in [0.717, 1.165) is 51.4 Å². The molecule has 0 heterocycles. The molecule has 6 nitrogen and oxygen atoms in total. The highest BCUT2D eigenvalue weighted by Gasteiger charge is 2.30. The minimum absolute atomic E-state index is 0.234. The zero-order chi connectivity index (χ0) is 18.8. The second kappa shape index (κ2) is 11.3. The molecule has 0 aliphatic heterocycles. The first-order valence-electron chi connectivity index (χ1n) is 10.5. The van der Waals surface area contributed by atoms with Gasteiger partial charge in [-0.25, -0.2) is 9.59 Å². The van der Waals surface area contributed by atoms with Gasteiger partial charge >= 0.3 is 12.2 Å². The van der Waals surface area contributed by atoms with Crippen LogP contribution in [0.25, 0.3) is 0 Å². The number of nitrogens with zero attached hydrogens (tertiary/aromatic N) is 2. The lowest BCUT2D eigenvalue weighted by Gasteiger charge is -2.37. The highest BCUT2D eigenvalue weighted by atomic mass is 16.6. The molecule has 0 aromatic heterocycles. The van der Waals surface area contributed by atoms with Crippen LogP contribution in [0.5, 0.6) is 0 Å². The molecule has 2 fully saturated rings. The Balaban J connectivity index is 2.02. The molecule has 2 saturated carbocycles. The quantitative estimate of drug-likeness (QED) is 0.660. The van der Waals surface area contributed by atoms with E-state index in [-0.39, 0.29) is 24.3 Å². The molecule has 0 spiro atoms. The fourth-order valence-electron chi connectivity index (χ4n) is 4.26. The number of hydrogen-bond donors (Lipinski definition) is 0. The lowest BCUT2D eigenvalue weighted by molar-refractivity contribution is 0.0556. The van der Waals surface area contributed by atoms with E-state index in [9.17, 15) is 9.59 Å². The van der Waals surface area contributed by atoms with Gasteiger partial charge in [-0.05, 0) is 39.5 Å². The molecule has 0 aromatic carbocycles. The summed E-state index contributed by atoms with van der Waals surface area (Å²) in [6, 6.07) is 0.469. The molecule has 2 aliphatic carbocycles. The van der Waals surface area contributed by atoms with E-state index in [1.807, 2.05) is 23.6 Å². The lowest BCUT2D eigenvalue weighted by atomic mass is 9.93. The number of rotatable bonds is 7. The van der Waals surface area contributed by atoms with Gasteiger partial charge in [0.2, 0.25) is 0 Å². The molecular formula is C20H36N2O4. The van der Waals surface area contributed by atoms with Crippen LogP contribution >= 0.6 is 0 Å². The summed E-state index contributed by atoms with van der Waals surface area (Å²) in [5, 5.41) is 0. The van der Waals surface area contributed by atoms with Crippen molar-refractivity contribution >= 4 is 12.2 Å². The van der Waals surface area contributed by atoms with Crippen molar-refractivity contribution in [1.29, 1.82) is 0 Å². The van der Waals surface area contributed by atoms with Crippen molar-refractivity contribution in [1.82, 2.24) is 9.80 Å². The van der Waals surface area contributed by atoms with Gasteiger partial charge in [0.1, 0.15) is 0 Å². The molecule has 0 N–H and O–H groups in total. The van der Waals surface area contributed by atoms with E-state index in [1.165, 1.54) is 12.8 Å². The Morgan fingerprint density at radius 2 is 1.04 bits per heavy atom. The second-order valence-corrected chi connectivity index (χ2v) is 7.37. The van der Waals surface area contributed by atoms with Crippen LogP contribution in [0.4, 0.5) is 9.59 Å². The average Bonchev–Trinajstić information content (AvgIpc) is 2.67. The third kappa shape index (κ3) is 6.06. The Morgan fingerprint density at radius 3 is 1.35 bits per heavy atom. The molecule has 0 atom stereocenters. The van der Waals surface area contributed by atoms with Crippen LogP contribution in [0.2, 0.25) is 0 Å². The molecule has 2 rings (SSSR count). The molecule has 2 amide bonds. The minimum atomic E-state index is -0.244. The van der Waals surface area contributed by atoms with Crippen molar-refractivity contribution in [2.45, 2.75) is 90.1 Å². The second-order valence-electron chi connectivity index (χ2n) is 7.37. The fraction of sp³-hybridized carbons (Fsp3) is 0.900. The van der Waals surface area contributed by atoms with E-state index < -0.39 is 0 Å². The van der Waals surface area contributed by atoms with E-state index in [0.29, 0.717) is 26.3 Å². The van der Waals surface area contributed by atoms with E-state index in [1.54, 1.807) is 0 Å². The van der Waals surface area contributed by atoms with Crippen LogP contribution in [-0.4, -0.2) is 60.4 Å². The highest BCUT2D eigenvalue weighted by molar-refractivity contribution is 5.69. The standard InChI is InChI=1S/C20H36N2O4/c1-3-25-19(23)21(17-11-7-5-8-12-17)15-16-22(20(24)26-4-2)18-13-9-6-10-14-18/h17-18H,3-16H2,1-2H3. The van der Waals surface area contributed by atoms with Crippen LogP contribution < -0.4 is 0 Å². The van der Waals surface area contributed by atoms with Crippen molar-refractivity contribution in [2.24, 2.45) is 0 Å². The summed E-state index contributed by atoms with van der Waals surface area (Å²) >= 11 is 0. The Morgan fingerprint density at radius 1 is 0.692 bits per heavy atom. The van der Waals surface area contributed by atoms with Crippen LogP contribution in [0, 0.1) is 0 Å². The summed E-state index contributed by atoms with van der Waals surface area (Å²) in [5.41, 5.74) is 0. The van der Waals surface area contributed by atoms with Crippen LogP contribution in [0.1, 0.15) is 78.1 Å². The van der Waals surface area contributed by atoms with Gasteiger partial charge in [0.05, 0.1) is 13.2 Å². The van der Waals surface area contributed by atoms with Gasteiger partial charge in [0.25, 0.3) is 0 Å². The van der Waals surface area contributed by atoms with Gasteiger partial charge in [-0.1, -0.05) is 38.5 Å². The van der Waals surface area contributed by atoms with Crippen molar-refractivity contribution in [3.05, 3.63) is 0 Å². The van der Waals surface area contributed by atoms with Crippen molar-refractivity contribution in [3.8, 4) is 0 Å². The van der Waals surface area contributed by atoms with Gasteiger partial charge < -0.3 is 19.3 Å². The Labute approximate surface area is 158 Å². The van der Waals surface area contributed by atoms with Crippen LogP contribution in [0.15, 0.2) is 0 Å². The Bertz CT molecular complexity index is 392. The zero-order valence-electron chi connectivity index (χ0n) is 16.6. The number of carbonyl (C=O) groups is 2. The van der Waals surface area contributed by atoms with Crippen molar-refractivity contribution < 1.29 is 19.1 Å². The Kier molecular flexibility index (Phi) is 9.06. The van der Waals surface area contributed by atoms with Gasteiger partial charge in [-0.2, -0.15) is 0 Å². The third-order valence-electron chi connectivity index (χ3n) is 5.62. The van der Waals surface area contributed by atoms with Gasteiger partial charge in [0.15, 0.2) is 0 Å². The molecule has 0 aromatic rings. The first-order chi connectivity index (χ1) is 12.7. The summed E-state index contributed by atoms with van der Waals surface area (Å²) in [4.78, 5) is 28.7. The molecule has 2 aliphatic rings. The summed E-state index contributed by atoms with van der Waals surface area (Å²) in [6.45, 7) is 5.49. The largest absolute Gasteiger partial charge is 0.450 e. The average molecular weight is 369 g/mol. The Hall–Kier alpha value is -1.46. The van der Waals surface area contributed by atoms with Gasteiger partial charge in [-0.3, -0.25) is 0 Å². The van der Waals surface area contributed by atoms with E-state index >= 15 is 0 Å². The maximum atomic E-state index is 12.5. The van der Waals surface area contributed by atoms with Gasteiger partial charge in [0, 0.05) is 25.2 Å². The maximum absolute atomic E-state index is 12.5. The molecule has 6 heteroatoms. The van der Waals surface area contributed by atoms with Gasteiger partial charge in [-0.15, -0.1) is 0 Å². The predicted octanol–water partition coefficient (Wildman–Crippen LogP) is 4.57. The number of hydrogen-bond acceptors (Lipinski definition) is 4. The van der Waals surface area contributed by atoms with Crippen molar-refractivity contribution in [2.75, 3.05) is 26.3 Å². The third-order valence-corrected chi connectivity index (χ3v) is 5.62. The molecule has 0 saturated heterocycles. The number of ether oxygens (including phenoxy) is 2. The first kappa shape index (κ1) is 20.8. The summed E-state index contributed by atoms with van der Waals surface area (Å²) in [5.74, 6) is 0. The summed E-state index contributed by atoms with van der Waals surface area (Å²) < 4.78 is 10.6. The zero-order valence-corrected chi connectivity index (χ0v) is 16.6. The topological polar surface area (TPSA) is 59.1 Å². The minimum Gasteiger partial charge on any atom is -0.450 e. The number of carbonyl (C=O) groups excluding carboxylic acids is 2. The monoisotopic (exact) mass is 368 g/mol. The van der Waals surface area contributed by atoms with E-state index in [2.05, 4.69) is 0 Å². The maximum Gasteiger partial charge on any atom is 0.410 e. The summed E-state index contributed by atoms with van der Waals surface area (Å²) in [7, 11) is 0. The van der Waals surface area contributed by atoms with Crippen LogP contribution in [0.3, 0.4) is 0 Å².